The minimum atomic E-state index is -0.931. The van der Waals surface area contributed by atoms with E-state index in [1.54, 1.807) is 0 Å². The van der Waals surface area contributed by atoms with Crippen LogP contribution in [0.15, 0.2) is 34.8 Å². The quantitative estimate of drug-likeness (QED) is 0.405. The normalized spacial score (nSPS) is 12.6. The fourth-order valence-electron chi connectivity index (χ4n) is 2.50. The number of nitrogens with one attached hydrogen (secondary N) is 1. The number of ether oxygens (including phenoxy) is 3. The highest BCUT2D eigenvalue weighted by atomic mass is 79.9. The zero-order valence-corrected chi connectivity index (χ0v) is 16.4. The average molecular weight is 469 g/mol. The number of carbonyl (C=O) groups excluding carboxylic acids is 2. The van der Waals surface area contributed by atoms with Crippen LogP contribution in [-0.4, -0.2) is 36.6 Å². The maximum atomic E-state index is 13.3. The molecule has 0 aliphatic carbocycles. The second-order valence-corrected chi connectivity index (χ2v) is 6.73. The van der Waals surface area contributed by atoms with Gasteiger partial charge in [-0.1, -0.05) is 0 Å². The van der Waals surface area contributed by atoms with Gasteiger partial charge in [-0.25, -0.2) is 9.18 Å². The van der Waals surface area contributed by atoms with Crippen molar-refractivity contribution in [3.05, 3.63) is 56.3 Å². The van der Waals surface area contributed by atoms with E-state index >= 15 is 0 Å². The Hall–Kier alpha value is -3.21. The Balaban J connectivity index is 1.71. The molecule has 0 fully saturated rings. The van der Waals surface area contributed by atoms with Crippen LogP contribution in [0.5, 0.6) is 11.5 Å². The molecule has 9 nitrogen and oxygen atoms in total. The van der Waals surface area contributed by atoms with Crippen LogP contribution in [0.2, 0.25) is 0 Å². The summed E-state index contributed by atoms with van der Waals surface area (Å²) in [5.41, 5.74) is -0.631. The first-order valence-corrected chi connectivity index (χ1v) is 9.14. The molecule has 2 aromatic rings. The lowest BCUT2D eigenvalue weighted by Gasteiger charge is -2.11. The van der Waals surface area contributed by atoms with Gasteiger partial charge in [0.15, 0.2) is 18.1 Å². The standard InChI is InChI=1S/C18H14BrFN2O7/c19-12-3-2-10(20)6-11(12)18(24)29-9-17(23)21-13-7-15-16(8-14(13)22(25)26)28-5-1-4-27-15/h2-3,6-8H,1,4-5,9H2,(H,21,23). The van der Waals surface area contributed by atoms with E-state index in [9.17, 15) is 24.1 Å². The molecule has 1 aliphatic heterocycles. The number of fused-ring (bicyclic) bond motifs is 1. The smallest absolute Gasteiger partial charge is 0.339 e. The van der Waals surface area contributed by atoms with Crippen LogP contribution in [0.4, 0.5) is 15.8 Å². The molecule has 29 heavy (non-hydrogen) atoms. The minimum absolute atomic E-state index is 0.0978. The SMILES string of the molecule is O=C(COC(=O)c1cc(F)ccc1Br)Nc1cc2c(cc1[N+](=O)[O-])OCCCO2. The van der Waals surface area contributed by atoms with Gasteiger partial charge >= 0.3 is 5.97 Å². The number of hydrogen-bond donors (Lipinski definition) is 1. The van der Waals surface area contributed by atoms with E-state index < -0.39 is 34.9 Å². The maximum absolute atomic E-state index is 13.3. The highest BCUT2D eigenvalue weighted by Crippen LogP contribution is 2.39. The molecule has 11 heteroatoms. The molecule has 3 rings (SSSR count). The summed E-state index contributed by atoms with van der Waals surface area (Å²) in [6.45, 7) is -0.0207. The van der Waals surface area contributed by atoms with Crippen molar-refractivity contribution in [3.63, 3.8) is 0 Å². The molecule has 0 spiro atoms. The molecule has 1 aliphatic rings. The summed E-state index contributed by atoms with van der Waals surface area (Å²) in [4.78, 5) is 34.8. The lowest BCUT2D eigenvalue weighted by atomic mass is 10.2. The molecule has 0 atom stereocenters. The van der Waals surface area contributed by atoms with Crippen molar-refractivity contribution < 1.29 is 33.1 Å². The lowest BCUT2D eigenvalue weighted by Crippen LogP contribution is -2.21. The molecule has 1 amide bonds. The van der Waals surface area contributed by atoms with Gasteiger partial charge in [0, 0.05) is 17.0 Å². The van der Waals surface area contributed by atoms with E-state index in [1.807, 2.05) is 0 Å². The molecule has 0 unspecified atom stereocenters. The van der Waals surface area contributed by atoms with Crippen molar-refractivity contribution in [2.75, 3.05) is 25.1 Å². The Morgan fingerprint density at radius 3 is 2.59 bits per heavy atom. The van der Waals surface area contributed by atoms with Crippen LogP contribution in [0.25, 0.3) is 0 Å². The van der Waals surface area contributed by atoms with Crippen molar-refractivity contribution >= 4 is 39.2 Å². The van der Waals surface area contributed by atoms with Gasteiger partial charge in [-0.2, -0.15) is 0 Å². The first-order chi connectivity index (χ1) is 13.8. The predicted octanol–water partition coefficient (Wildman–Crippen LogP) is 3.45. The molecule has 2 aromatic carbocycles. The molecular weight excluding hydrogens is 455 g/mol. The van der Waals surface area contributed by atoms with Crippen LogP contribution in [-0.2, 0) is 9.53 Å². The van der Waals surface area contributed by atoms with Gasteiger partial charge < -0.3 is 19.5 Å². The monoisotopic (exact) mass is 468 g/mol. The Morgan fingerprint density at radius 1 is 1.21 bits per heavy atom. The number of nitro groups is 1. The van der Waals surface area contributed by atoms with Gasteiger partial charge in [0.1, 0.15) is 11.5 Å². The van der Waals surface area contributed by atoms with E-state index in [0.717, 1.165) is 18.2 Å². The third kappa shape index (κ3) is 4.99. The Labute approximate surface area is 172 Å². The number of rotatable bonds is 5. The summed E-state index contributed by atoms with van der Waals surface area (Å²) in [7, 11) is 0. The molecule has 0 saturated carbocycles. The van der Waals surface area contributed by atoms with Crippen LogP contribution in [0.3, 0.4) is 0 Å². The van der Waals surface area contributed by atoms with Crippen LogP contribution in [0, 0.1) is 15.9 Å². The van der Waals surface area contributed by atoms with Gasteiger partial charge in [0.2, 0.25) is 0 Å². The van der Waals surface area contributed by atoms with Crippen molar-refractivity contribution in [2.45, 2.75) is 6.42 Å². The van der Waals surface area contributed by atoms with E-state index in [-0.39, 0.29) is 22.7 Å². The second kappa shape index (κ2) is 8.86. The number of hydrogen-bond acceptors (Lipinski definition) is 7. The van der Waals surface area contributed by atoms with Gasteiger partial charge in [-0.15, -0.1) is 0 Å². The number of nitrogens with zero attached hydrogens (tertiary/aromatic N) is 1. The molecule has 0 bridgehead atoms. The third-order valence-electron chi connectivity index (χ3n) is 3.82. The van der Waals surface area contributed by atoms with Crippen molar-refractivity contribution in [1.29, 1.82) is 0 Å². The van der Waals surface area contributed by atoms with E-state index in [4.69, 9.17) is 14.2 Å². The molecule has 1 heterocycles. The van der Waals surface area contributed by atoms with Crippen molar-refractivity contribution in [3.8, 4) is 11.5 Å². The summed E-state index contributed by atoms with van der Waals surface area (Å²) in [5, 5.41) is 13.6. The van der Waals surface area contributed by atoms with E-state index in [0.29, 0.717) is 24.1 Å². The van der Waals surface area contributed by atoms with Crippen molar-refractivity contribution in [1.82, 2.24) is 0 Å². The first-order valence-electron chi connectivity index (χ1n) is 8.35. The van der Waals surface area contributed by atoms with Crippen LogP contribution >= 0.6 is 15.9 Å². The summed E-state index contributed by atoms with van der Waals surface area (Å²) < 4.78 is 29.3. The topological polar surface area (TPSA) is 117 Å². The molecule has 152 valence electrons. The Kier molecular flexibility index (Phi) is 6.27. The zero-order chi connectivity index (χ0) is 21.0. The lowest BCUT2D eigenvalue weighted by molar-refractivity contribution is -0.384. The summed E-state index contributed by atoms with van der Waals surface area (Å²) >= 11 is 3.09. The molecular formula is C18H14BrFN2O7. The molecule has 0 aromatic heterocycles. The summed E-state index contributed by atoms with van der Waals surface area (Å²) in [6.07, 6.45) is 0.607. The molecule has 0 saturated heterocycles. The average Bonchev–Trinajstić information content (AvgIpc) is 2.92. The summed E-state index contributed by atoms with van der Waals surface area (Å²) in [5.74, 6) is -1.94. The summed E-state index contributed by atoms with van der Waals surface area (Å²) in [6, 6.07) is 5.87. The first kappa shape index (κ1) is 20.5. The Morgan fingerprint density at radius 2 is 1.90 bits per heavy atom. The number of nitro benzene ring substituents is 1. The number of anilines is 1. The fraction of sp³-hybridized carbons (Fsp3) is 0.222. The highest BCUT2D eigenvalue weighted by molar-refractivity contribution is 9.10. The van der Waals surface area contributed by atoms with Gasteiger partial charge in [0.25, 0.3) is 11.6 Å². The fourth-order valence-corrected chi connectivity index (χ4v) is 2.91. The van der Waals surface area contributed by atoms with Gasteiger partial charge in [0.05, 0.1) is 29.8 Å². The highest BCUT2D eigenvalue weighted by Gasteiger charge is 2.23. The number of halogens is 2. The Bertz CT molecular complexity index is 983. The van der Waals surface area contributed by atoms with E-state index in [2.05, 4.69) is 21.2 Å². The van der Waals surface area contributed by atoms with Gasteiger partial charge in [-0.05, 0) is 34.1 Å². The minimum Gasteiger partial charge on any atom is -0.489 e. The zero-order valence-electron chi connectivity index (χ0n) is 14.8. The van der Waals surface area contributed by atoms with E-state index in [1.165, 1.54) is 12.1 Å². The van der Waals surface area contributed by atoms with Crippen LogP contribution in [0.1, 0.15) is 16.8 Å². The maximum Gasteiger partial charge on any atom is 0.339 e. The van der Waals surface area contributed by atoms with Crippen LogP contribution < -0.4 is 14.8 Å². The molecule has 0 radical (unpaired) electrons. The third-order valence-corrected chi connectivity index (χ3v) is 4.51. The number of benzene rings is 2. The number of esters is 1. The largest absolute Gasteiger partial charge is 0.489 e. The van der Waals surface area contributed by atoms with Gasteiger partial charge in [-0.3, -0.25) is 14.9 Å². The van der Waals surface area contributed by atoms with Crippen molar-refractivity contribution in [2.24, 2.45) is 0 Å². The molecule has 1 N–H and O–H groups in total. The second-order valence-electron chi connectivity index (χ2n) is 5.87. The number of carbonyl (C=O) groups is 2. The predicted molar refractivity (Wildman–Crippen MR) is 102 cm³/mol. The number of amides is 1.